The van der Waals surface area contributed by atoms with Crippen molar-refractivity contribution in [2.24, 2.45) is 0 Å². The SMILES string of the molecule is Cc1cc(C)cc(OCc2ccc([N+](=O)[O-])o2)c1. The molecule has 5 heteroatoms. The van der Waals surface area contributed by atoms with Gasteiger partial charge in [0.1, 0.15) is 23.0 Å². The topological polar surface area (TPSA) is 65.5 Å². The summed E-state index contributed by atoms with van der Waals surface area (Å²) in [5.74, 6) is 0.890. The van der Waals surface area contributed by atoms with Crippen molar-refractivity contribution in [3.8, 4) is 5.75 Å². The van der Waals surface area contributed by atoms with Crippen LogP contribution in [-0.4, -0.2) is 4.92 Å². The van der Waals surface area contributed by atoms with Gasteiger partial charge < -0.3 is 9.15 Å². The Bertz CT molecular complexity index is 554. The minimum Gasteiger partial charge on any atom is -0.486 e. The highest BCUT2D eigenvalue weighted by Gasteiger charge is 2.11. The molecule has 5 nitrogen and oxygen atoms in total. The van der Waals surface area contributed by atoms with E-state index < -0.39 is 4.92 Å². The van der Waals surface area contributed by atoms with Gasteiger partial charge >= 0.3 is 5.88 Å². The summed E-state index contributed by atoms with van der Waals surface area (Å²) < 4.78 is 10.5. The molecule has 0 bridgehead atoms. The fourth-order valence-electron chi connectivity index (χ4n) is 1.71. The predicted octanol–water partition coefficient (Wildman–Crippen LogP) is 3.38. The van der Waals surface area contributed by atoms with Crippen LogP contribution in [0.4, 0.5) is 5.88 Å². The smallest absolute Gasteiger partial charge is 0.433 e. The summed E-state index contributed by atoms with van der Waals surface area (Å²) in [5, 5.41) is 10.4. The summed E-state index contributed by atoms with van der Waals surface area (Å²) in [6.45, 7) is 4.14. The van der Waals surface area contributed by atoms with Gasteiger partial charge in [-0.1, -0.05) is 6.07 Å². The molecule has 2 rings (SSSR count). The van der Waals surface area contributed by atoms with Gasteiger partial charge in [0.05, 0.1) is 6.07 Å². The number of furan rings is 1. The Kier molecular flexibility index (Phi) is 3.32. The van der Waals surface area contributed by atoms with Crippen LogP contribution in [0, 0.1) is 24.0 Å². The molecule has 0 saturated heterocycles. The maximum absolute atomic E-state index is 10.4. The lowest BCUT2D eigenvalue weighted by Gasteiger charge is -2.06. The molecular formula is C13H13NO4. The summed E-state index contributed by atoms with van der Waals surface area (Å²) in [7, 11) is 0. The van der Waals surface area contributed by atoms with Crippen molar-refractivity contribution in [3.63, 3.8) is 0 Å². The Morgan fingerprint density at radius 3 is 2.44 bits per heavy atom. The molecule has 94 valence electrons. The van der Waals surface area contributed by atoms with Crippen LogP contribution < -0.4 is 4.74 Å². The van der Waals surface area contributed by atoms with Gasteiger partial charge in [-0.05, 0) is 43.2 Å². The number of nitro groups is 1. The van der Waals surface area contributed by atoms with Crippen molar-refractivity contribution in [2.75, 3.05) is 0 Å². The van der Waals surface area contributed by atoms with E-state index in [2.05, 4.69) is 0 Å². The Morgan fingerprint density at radius 2 is 1.89 bits per heavy atom. The molecule has 1 aromatic heterocycles. The van der Waals surface area contributed by atoms with E-state index in [4.69, 9.17) is 9.15 Å². The average Bonchev–Trinajstić information content (AvgIpc) is 2.73. The number of ether oxygens (including phenoxy) is 1. The molecule has 18 heavy (non-hydrogen) atoms. The first-order chi connectivity index (χ1) is 8.54. The lowest BCUT2D eigenvalue weighted by molar-refractivity contribution is -0.402. The van der Waals surface area contributed by atoms with E-state index in [1.807, 2.05) is 32.0 Å². The number of rotatable bonds is 4. The first-order valence-corrected chi connectivity index (χ1v) is 5.49. The van der Waals surface area contributed by atoms with Gasteiger partial charge in [-0.2, -0.15) is 0 Å². The van der Waals surface area contributed by atoms with E-state index in [9.17, 15) is 10.1 Å². The zero-order chi connectivity index (χ0) is 13.1. The minimum absolute atomic E-state index is 0.177. The summed E-state index contributed by atoms with van der Waals surface area (Å²) in [6, 6.07) is 8.72. The summed E-state index contributed by atoms with van der Waals surface area (Å²) in [6.07, 6.45) is 0. The van der Waals surface area contributed by atoms with Crippen LogP contribution in [0.5, 0.6) is 5.75 Å². The molecular weight excluding hydrogens is 234 g/mol. The zero-order valence-electron chi connectivity index (χ0n) is 10.2. The first-order valence-electron chi connectivity index (χ1n) is 5.49. The van der Waals surface area contributed by atoms with Gasteiger partial charge in [-0.25, -0.2) is 0 Å². The average molecular weight is 247 g/mol. The molecule has 0 aliphatic carbocycles. The summed E-state index contributed by atoms with van der Waals surface area (Å²) in [5.41, 5.74) is 2.21. The minimum atomic E-state index is -0.569. The van der Waals surface area contributed by atoms with Crippen LogP contribution in [0.15, 0.2) is 34.7 Å². The number of hydrogen-bond donors (Lipinski definition) is 0. The summed E-state index contributed by atoms with van der Waals surface area (Å²) in [4.78, 5) is 9.88. The van der Waals surface area contributed by atoms with E-state index in [-0.39, 0.29) is 12.5 Å². The predicted molar refractivity (Wildman–Crippen MR) is 65.6 cm³/mol. The third-order valence-corrected chi connectivity index (χ3v) is 2.40. The monoisotopic (exact) mass is 247 g/mol. The van der Waals surface area contributed by atoms with Gasteiger partial charge in [0.15, 0.2) is 0 Å². The van der Waals surface area contributed by atoms with E-state index in [0.717, 1.165) is 16.9 Å². The fraction of sp³-hybridized carbons (Fsp3) is 0.231. The molecule has 0 spiro atoms. The highest BCUT2D eigenvalue weighted by atomic mass is 16.6. The molecule has 0 fully saturated rings. The lowest BCUT2D eigenvalue weighted by atomic mass is 10.1. The first kappa shape index (κ1) is 12.2. The van der Waals surface area contributed by atoms with Crippen molar-refractivity contribution in [3.05, 3.63) is 57.3 Å². The van der Waals surface area contributed by atoms with Crippen LogP contribution in [0.25, 0.3) is 0 Å². The van der Waals surface area contributed by atoms with Gasteiger partial charge in [0.2, 0.25) is 0 Å². The zero-order valence-corrected chi connectivity index (χ0v) is 10.2. The second-order valence-electron chi connectivity index (χ2n) is 4.11. The van der Waals surface area contributed by atoms with Crippen LogP contribution in [-0.2, 0) is 6.61 Å². The largest absolute Gasteiger partial charge is 0.486 e. The maximum atomic E-state index is 10.4. The Hall–Kier alpha value is -2.30. The van der Waals surface area contributed by atoms with E-state index in [1.54, 1.807) is 6.07 Å². The standard InChI is InChI=1S/C13H13NO4/c1-9-5-10(2)7-12(6-9)17-8-11-3-4-13(18-11)14(15)16/h3-7H,8H2,1-2H3. The number of hydrogen-bond acceptors (Lipinski definition) is 4. The third-order valence-electron chi connectivity index (χ3n) is 2.40. The Morgan fingerprint density at radius 1 is 1.22 bits per heavy atom. The Labute approximate surface area is 104 Å². The van der Waals surface area contributed by atoms with Crippen molar-refractivity contribution in [2.45, 2.75) is 20.5 Å². The summed E-state index contributed by atoms with van der Waals surface area (Å²) >= 11 is 0. The molecule has 0 N–H and O–H groups in total. The van der Waals surface area contributed by atoms with Crippen molar-refractivity contribution < 1.29 is 14.1 Å². The molecule has 0 saturated carbocycles. The molecule has 0 unspecified atom stereocenters. The molecule has 0 radical (unpaired) electrons. The number of nitrogens with zero attached hydrogens (tertiary/aromatic N) is 1. The van der Waals surface area contributed by atoms with Gasteiger partial charge in [0, 0.05) is 0 Å². The van der Waals surface area contributed by atoms with Gasteiger partial charge in [-0.3, -0.25) is 10.1 Å². The molecule has 1 aromatic carbocycles. The van der Waals surface area contributed by atoms with Crippen molar-refractivity contribution >= 4 is 5.88 Å². The molecule has 0 amide bonds. The molecule has 1 heterocycles. The maximum Gasteiger partial charge on any atom is 0.433 e. The molecule has 0 aliphatic rings. The van der Waals surface area contributed by atoms with Crippen molar-refractivity contribution in [1.82, 2.24) is 0 Å². The normalized spacial score (nSPS) is 10.3. The lowest BCUT2D eigenvalue weighted by Crippen LogP contribution is -1.94. The Balaban J connectivity index is 2.04. The molecule has 2 aromatic rings. The number of aryl methyl sites for hydroxylation is 2. The van der Waals surface area contributed by atoms with Crippen molar-refractivity contribution in [1.29, 1.82) is 0 Å². The van der Waals surface area contributed by atoms with E-state index in [0.29, 0.717) is 5.76 Å². The van der Waals surface area contributed by atoms with Crippen LogP contribution in [0.2, 0.25) is 0 Å². The van der Waals surface area contributed by atoms with Gasteiger partial charge in [-0.15, -0.1) is 0 Å². The molecule has 0 aliphatic heterocycles. The van der Waals surface area contributed by atoms with E-state index >= 15 is 0 Å². The van der Waals surface area contributed by atoms with E-state index in [1.165, 1.54) is 6.07 Å². The molecule has 0 atom stereocenters. The number of benzene rings is 1. The highest BCUT2D eigenvalue weighted by molar-refractivity contribution is 5.33. The highest BCUT2D eigenvalue weighted by Crippen LogP contribution is 2.20. The quantitative estimate of drug-likeness (QED) is 0.613. The second-order valence-corrected chi connectivity index (χ2v) is 4.11. The van der Waals surface area contributed by atoms with Crippen LogP contribution in [0.1, 0.15) is 16.9 Å². The third kappa shape index (κ3) is 2.88. The van der Waals surface area contributed by atoms with Crippen LogP contribution >= 0.6 is 0 Å². The fourth-order valence-corrected chi connectivity index (χ4v) is 1.71. The van der Waals surface area contributed by atoms with Gasteiger partial charge in [0.25, 0.3) is 0 Å². The van der Waals surface area contributed by atoms with Crippen LogP contribution in [0.3, 0.4) is 0 Å². The second kappa shape index (κ2) is 4.91.